The van der Waals surface area contributed by atoms with Gasteiger partial charge < -0.3 is 4.98 Å². The van der Waals surface area contributed by atoms with E-state index < -0.39 is 15.5 Å². The van der Waals surface area contributed by atoms with Crippen molar-refractivity contribution in [3.05, 3.63) is 28.7 Å². The molecule has 7 heteroatoms. The van der Waals surface area contributed by atoms with Crippen molar-refractivity contribution in [3.63, 3.8) is 0 Å². The molecular formula is C14H23N3O3S. The van der Waals surface area contributed by atoms with Crippen molar-refractivity contribution in [2.45, 2.75) is 50.1 Å². The van der Waals surface area contributed by atoms with Crippen molar-refractivity contribution in [3.8, 4) is 0 Å². The number of rotatable bonds is 3. The zero-order valence-electron chi connectivity index (χ0n) is 12.7. The molecule has 0 amide bonds. The van der Waals surface area contributed by atoms with Crippen LogP contribution in [0.25, 0.3) is 0 Å². The van der Waals surface area contributed by atoms with E-state index >= 15 is 0 Å². The monoisotopic (exact) mass is 313 g/mol. The fraction of sp³-hybridized carbons (Fsp3) is 0.643. The zero-order chi connectivity index (χ0) is 15.7. The summed E-state index contributed by atoms with van der Waals surface area (Å²) in [6, 6.07) is 1.10. The lowest BCUT2D eigenvalue weighted by Crippen LogP contribution is -2.51. The van der Waals surface area contributed by atoms with E-state index in [1.54, 1.807) is 0 Å². The SMILES string of the molecule is CC(C)(C)N1CCC(NS(=O)(=O)c2c[nH]ccc2=O)CC1. The molecule has 0 unspecified atom stereocenters. The number of sulfonamides is 1. The third-order valence-electron chi connectivity index (χ3n) is 3.84. The van der Waals surface area contributed by atoms with Crippen LogP contribution in [0.5, 0.6) is 0 Å². The lowest BCUT2D eigenvalue weighted by molar-refractivity contribution is 0.100. The number of hydrogen-bond donors (Lipinski definition) is 2. The highest BCUT2D eigenvalue weighted by Gasteiger charge is 2.29. The fourth-order valence-corrected chi connectivity index (χ4v) is 3.92. The van der Waals surface area contributed by atoms with Crippen molar-refractivity contribution < 1.29 is 8.42 Å². The Morgan fingerprint density at radius 2 is 1.90 bits per heavy atom. The minimum atomic E-state index is -3.76. The fourth-order valence-electron chi connectivity index (χ4n) is 2.56. The second-order valence-electron chi connectivity index (χ2n) is 6.43. The number of pyridine rings is 1. The molecule has 1 aromatic heterocycles. The van der Waals surface area contributed by atoms with E-state index in [9.17, 15) is 13.2 Å². The third kappa shape index (κ3) is 3.93. The van der Waals surface area contributed by atoms with Crippen LogP contribution in [-0.2, 0) is 10.0 Å². The maximum atomic E-state index is 12.3. The van der Waals surface area contributed by atoms with Crippen molar-refractivity contribution in [1.82, 2.24) is 14.6 Å². The number of likely N-dealkylation sites (tertiary alicyclic amines) is 1. The number of H-pyrrole nitrogens is 1. The Hall–Kier alpha value is -1.18. The summed E-state index contributed by atoms with van der Waals surface area (Å²) in [5, 5.41) is 0. The van der Waals surface area contributed by atoms with Gasteiger partial charge in [0.1, 0.15) is 4.90 Å². The van der Waals surface area contributed by atoms with Crippen molar-refractivity contribution in [2.24, 2.45) is 0 Å². The molecule has 1 aliphatic heterocycles. The number of nitrogens with one attached hydrogen (secondary N) is 2. The standard InChI is InChI=1S/C14H23N3O3S/c1-14(2,3)17-8-5-11(6-9-17)16-21(19,20)13-10-15-7-4-12(13)18/h4,7,10-11,16H,5-6,8-9H2,1-3H3,(H,15,18). The maximum Gasteiger partial charge on any atom is 0.246 e. The number of aromatic nitrogens is 1. The molecule has 6 nitrogen and oxygen atoms in total. The van der Waals surface area contributed by atoms with Crippen LogP contribution < -0.4 is 10.2 Å². The summed E-state index contributed by atoms with van der Waals surface area (Å²) in [7, 11) is -3.76. The highest BCUT2D eigenvalue weighted by atomic mass is 32.2. The molecule has 0 aliphatic carbocycles. The van der Waals surface area contributed by atoms with Crippen LogP contribution in [0, 0.1) is 0 Å². The predicted octanol–water partition coefficient (Wildman–Crippen LogP) is 0.916. The van der Waals surface area contributed by atoms with Crippen molar-refractivity contribution >= 4 is 10.0 Å². The molecule has 1 aliphatic rings. The number of nitrogens with zero attached hydrogens (tertiary/aromatic N) is 1. The zero-order valence-corrected chi connectivity index (χ0v) is 13.5. The summed E-state index contributed by atoms with van der Waals surface area (Å²) in [6.45, 7) is 8.16. The summed E-state index contributed by atoms with van der Waals surface area (Å²) >= 11 is 0. The normalized spacial score (nSPS) is 18.8. The van der Waals surface area contributed by atoms with Crippen LogP contribution in [0.4, 0.5) is 0 Å². The molecule has 21 heavy (non-hydrogen) atoms. The lowest BCUT2D eigenvalue weighted by Gasteiger charge is -2.40. The lowest BCUT2D eigenvalue weighted by atomic mass is 9.99. The van der Waals surface area contributed by atoms with E-state index in [1.165, 1.54) is 18.5 Å². The van der Waals surface area contributed by atoms with Gasteiger partial charge in [0.15, 0.2) is 0 Å². The number of piperidine rings is 1. The average Bonchev–Trinajstić information content (AvgIpc) is 2.38. The van der Waals surface area contributed by atoms with Gasteiger partial charge in [-0.15, -0.1) is 0 Å². The van der Waals surface area contributed by atoms with Gasteiger partial charge in [-0.2, -0.15) is 0 Å². The molecule has 2 heterocycles. The first-order chi connectivity index (χ1) is 9.70. The molecule has 2 rings (SSSR count). The molecule has 1 fully saturated rings. The molecule has 0 bridgehead atoms. The Labute approximate surface area is 125 Å². The molecule has 118 valence electrons. The van der Waals surface area contributed by atoms with Gasteiger partial charge in [0, 0.05) is 43.1 Å². The van der Waals surface area contributed by atoms with E-state index in [4.69, 9.17) is 0 Å². The minimum Gasteiger partial charge on any atom is -0.366 e. The van der Waals surface area contributed by atoms with Crippen molar-refractivity contribution in [2.75, 3.05) is 13.1 Å². The van der Waals surface area contributed by atoms with Crippen LogP contribution in [-0.4, -0.2) is 43.0 Å². The quantitative estimate of drug-likeness (QED) is 0.869. The topological polar surface area (TPSA) is 82.3 Å². The van der Waals surface area contributed by atoms with Crippen LogP contribution >= 0.6 is 0 Å². The molecule has 1 aromatic rings. The van der Waals surface area contributed by atoms with E-state index in [-0.39, 0.29) is 16.5 Å². The molecule has 0 spiro atoms. The number of hydrogen-bond acceptors (Lipinski definition) is 4. The highest BCUT2D eigenvalue weighted by molar-refractivity contribution is 7.89. The summed E-state index contributed by atoms with van der Waals surface area (Å²) in [5.41, 5.74) is -0.395. The van der Waals surface area contributed by atoms with Gasteiger partial charge in [0.05, 0.1) is 0 Å². The van der Waals surface area contributed by atoms with Crippen LogP contribution in [0.15, 0.2) is 28.2 Å². The first kappa shape index (κ1) is 16.2. The van der Waals surface area contributed by atoms with Gasteiger partial charge in [-0.25, -0.2) is 13.1 Å². The van der Waals surface area contributed by atoms with Gasteiger partial charge in [-0.05, 0) is 33.6 Å². The Morgan fingerprint density at radius 3 is 2.43 bits per heavy atom. The van der Waals surface area contributed by atoms with Crippen LogP contribution in [0.1, 0.15) is 33.6 Å². The number of aromatic amines is 1. The summed E-state index contributed by atoms with van der Waals surface area (Å²) < 4.78 is 27.2. The molecule has 0 saturated carbocycles. The van der Waals surface area contributed by atoms with Gasteiger partial charge in [0.25, 0.3) is 0 Å². The Kier molecular flexibility index (Phi) is 4.55. The Balaban J connectivity index is 2.04. The average molecular weight is 313 g/mol. The smallest absolute Gasteiger partial charge is 0.246 e. The maximum absolute atomic E-state index is 12.3. The van der Waals surface area contributed by atoms with E-state index in [0.717, 1.165) is 25.9 Å². The molecule has 1 saturated heterocycles. The van der Waals surface area contributed by atoms with Gasteiger partial charge in [-0.3, -0.25) is 9.69 Å². The van der Waals surface area contributed by atoms with Gasteiger partial charge >= 0.3 is 0 Å². The van der Waals surface area contributed by atoms with Gasteiger partial charge in [-0.1, -0.05) is 0 Å². The van der Waals surface area contributed by atoms with E-state index in [2.05, 4.69) is 35.4 Å². The van der Waals surface area contributed by atoms with E-state index in [1.807, 2.05) is 0 Å². The third-order valence-corrected chi connectivity index (χ3v) is 5.38. The summed E-state index contributed by atoms with van der Waals surface area (Å²) in [4.78, 5) is 16.4. The molecule has 0 aromatic carbocycles. The van der Waals surface area contributed by atoms with Crippen molar-refractivity contribution in [1.29, 1.82) is 0 Å². The highest BCUT2D eigenvalue weighted by Crippen LogP contribution is 2.20. The second kappa shape index (κ2) is 5.90. The molecular weight excluding hydrogens is 290 g/mol. The first-order valence-electron chi connectivity index (χ1n) is 7.14. The largest absolute Gasteiger partial charge is 0.366 e. The predicted molar refractivity (Wildman–Crippen MR) is 81.7 cm³/mol. The van der Waals surface area contributed by atoms with Crippen LogP contribution in [0.3, 0.4) is 0 Å². The Morgan fingerprint density at radius 1 is 1.29 bits per heavy atom. The summed E-state index contributed by atoms with van der Waals surface area (Å²) in [5.74, 6) is 0. The molecule has 0 radical (unpaired) electrons. The minimum absolute atomic E-state index is 0.0976. The van der Waals surface area contributed by atoms with Gasteiger partial charge in [0.2, 0.25) is 15.5 Å². The molecule has 0 atom stereocenters. The van der Waals surface area contributed by atoms with Crippen LogP contribution in [0.2, 0.25) is 0 Å². The van der Waals surface area contributed by atoms with E-state index in [0.29, 0.717) is 0 Å². The Bertz CT molecular complexity index is 638. The summed E-state index contributed by atoms with van der Waals surface area (Å²) in [6.07, 6.45) is 4.15. The first-order valence-corrected chi connectivity index (χ1v) is 8.63. The second-order valence-corrected chi connectivity index (χ2v) is 8.11. The molecule has 2 N–H and O–H groups in total.